The molecule has 140 valence electrons. The third-order valence-corrected chi connectivity index (χ3v) is 6.75. The lowest BCUT2D eigenvalue weighted by Crippen LogP contribution is -2.48. The summed E-state index contributed by atoms with van der Waals surface area (Å²) in [6.45, 7) is 5.35. The Kier molecular flexibility index (Phi) is 5.96. The van der Waals surface area contributed by atoms with Gasteiger partial charge in [0.2, 0.25) is 10.0 Å². The van der Waals surface area contributed by atoms with Crippen LogP contribution < -0.4 is 4.74 Å². The Morgan fingerprint density at radius 2 is 1.65 bits per heavy atom. The van der Waals surface area contributed by atoms with Crippen molar-refractivity contribution >= 4 is 10.0 Å². The number of hydrogen-bond donors (Lipinski definition) is 0. The van der Waals surface area contributed by atoms with E-state index < -0.39 is 10.0 Å². The maximum Gasteiger partial charge on any atom is 0.243 e. The van der Waals surface area contributed by atoms with Crippen LogP contribution in [0.15, 0.2) is 53.4 Å². The van der Waals surface area contributed by atoms with Crippen molar-refractivity contribution < 1.29 is 13.2 Å². The topological polar surface area (TPSA) is 49.9 Å². The Morgan fingerprint density at radius 1 is 0.962 bits per heavy atom. The van der Waals surface area contributed by atoms with Crippen LogP contribution in [0.25, 0.3) is 0 Å². The molecule has 0 unspecified atom stereocenters. The molecule has 5 nitrogen and oxygen atoms in total. The van der Waals surface area contributed by atoms with Crippen molar-refractivity contribution in [2.45, 2.75) is 24.8 Å². The molecule has 1 aliphatic rings. The van der Waals surface area contributed by atoms with Crippen LogP contribution in [0.5, 0.6) is 5.75 Å². The summed E-state index contributed by atoms with van der Waals surface area (Å²) < 4.78 is 32.5. The van der Waals surface area contributed by atoms with Gasteiger partial charge in [0.25, 0.3) is 0 Å². The molecular formula is C20H26N2O3S. The standard InChI is InChI=1S/C20H26N2O3S/c1-3-17-7-9-20(10-8-17)26(23,24)22-13-11-21(12-14-22)16-18-5-4-6-19(15-18)25-2/h4-10,15H,3,11-14,16H2,1-2H3. The molecule has 0 spiro atoms. The summed E-state index contributed by atoms with van der Waals surface area (Å²) in [5.74, 6) is 0.847. The van der Waals surface area contributed by atoms with E-state index >= 15 is 0 Å². The summed E-state index contributed by atoms with van der Waals surface area (Å²) in [6, 6.07) is 15.2. The summed E-state index contributed by atoms with van der Waals surface area (Å²) in [5, 5.41) is 0. The fourth-order valence-electron chi connectivity index (χ4n) is 3.20. The smallest absolute Gasteiger partial charge is 0.243 e. The van der Waals surface area contributed by atoms with Gasteiger partial charge in [0.05, 0.1) is 12.0 Å². The molecule has 3 rings (SSSR count). The minimum Gasteiger partial charge on any atom is -0.497 e. The molecule has 0 amide bonds. The van der Waals surface area contributed by atoms with Gasteiger partial charge in [0, 0.05) is 32.7 Å². The number of sulfonamides is 1. The first-order valence-electron chi connectivity index (χ1n) is 8.97. The SMILES string of the molecule is CCc1ccc(S(=O)(=O)N2CCN(Cc3cccc(OC)c3)CC2)cc1. The quantitative estimate of drug-likeness (QED) is 0.780. The molecule has 0 N–H and O–H groups in total. The van der Waals surface area contributed by atoms with Gasteiger partial charge in [-0.05, 0) is 41.8 Å². The summed E-state index contributed by atoms with van der Waals surface area (Å²) in [7, 11) is -1.74. The molecule has 0 atom stereocenters. The van der Waals surface area contributed by atoms with Crippen LogP contribution >= 0.6 is 0 Å². The first kappa shape index (κ1) is 18.9. The van der Waals surface area contributed by atoms with E-state index in [2.05, 4.69) is 17.9 Å². The molecule has 26 heavy (non-hydrogen) atoms. The van der Waals surface area contributed by atoms with Crippen LogP contribution in [-0.4, -0.2) is 50.9 Å². The van der Waals surface area contributed by atoms with Crippen LogP contribution in [0.2, 0.25) is 0 Å². The molecule has 0 radical (unpaired) electrons. The molecule has 1 heterocycles. The maximum atomic E-state index is 12.8. The first-order chi connectivity index (χ1) is 12.5. The predicted molar refractivity (Wildman–Crippen MR) is 103 cm³/mol. The van der Waals surface area contributed by atoms with Gasteiger partial charge in [-0.25, -0.2) is 8.42 Å². The minimum atomic E-state index is -3.41. The van der Waals surface area contributed by atoms with Gasteiger partial charge in [-0.1, -0.05) is 31.2 Å². The van der Waals surface area contributed by atoms with Gasteiger partial charge >= 0.3 is 0 Å². The first-order valence-corrected chi connectivity index (χ1v) is 10.4. The van der Waals surface area contributed by atoms with Crippen LogP contribution in [0.3, 0.4) is 0 Å². The molecule has 2 aromatic carbocycles. The average Bonchev–Trinajstić information content (AvgIpc) is 2.68. The van der Waals surface area contributed by atoms with Crippen LogP contribution in [0.1, 0.15) is 18.1 Å². The van der Waals surface area contributed by atoms with Gasteiger partial charge in [-0.2, -0.15) is 4.31 Å². The summed E-state index contributed by atoms with van der Waals surface area (Å²) >= 11 is 0. The molecule has 0 bridgehead atoms. The van der Waals surface area contributed by atoms with Gasteiger partial charge in [-0.3, -0.25) is 4.90 Å². The normalized spacial score (nSPS) is 16.5. The lowest BCUT2D eigenvalue weighted by molar-refractivity contribution is 0.181. The fraction of sp³-hybridized carbons (Fsp3) is 0.400. The Hall–Kier alpha value is -1.89. The average molecular weight is 375 g/mol. The van der Waals surface area contributed by atoms with Gasteiger partial charge in [0.1, 0.15) is 5.75 Å². The second-order valence-corrected chi connectivity index (χ2v) is 8.47. The fourth-order valence-corrected chi connectivity index (χ4v) is 4.63. The number of hydrogen-bond acceptors (Lipinski definition) is 4. The molecule has 6 heteroatoms. The Balaban J connectivity index is 1.61. The largest absolute Gasteiger partial charge is 0.497 e. The highest BCUT2D eigenvalue weighted by Gasteiger charge is 2.28. The Morgan fingerprint density at radius 3 is 2.27 bits per heavy atom. The molecule has 2 aromatic rings. The Bertz CT molecular complexity index is 826. The third kappa shape index (κ3) is 4.26. The number of rotatable bonds is 6. The van der Waals surface area contributed by atoms with Crippen molar-refractivity contribution in [2.75, 3.05) is 33.3 Å². The molecule has 1 aliphatic heterocycles. The molecule has 1 fully saturated rings. The summed E-state index contributed by atoms with van der Waals surface area (Å²) in [6.07, 6.45) is 0.906. The maximum absolute atomic E-state index is 12.8. The lowest BCUT2D eigenvalue weighted by atomic mass is 10.2. The van der Waals surface area contributed by atoms with Crippen molar-refractivity contribution in [3.05, 3.63) is 59.7 Å². The van der Waals surface area contributed by atoms with Crippen molar-refractivity contribution in [1.29, 1.82) is 0 Å². The lowest BCUT2D eigenvalue weighted by Gasteiger charge is -2.34. The molecule has 0 aromatic heterocycles. The molecule has 1 saturated heterocycles. The van der Waals surface area contributed by atoms with E-state index in [1.54, 1.807) is 23.5 Å². The number of ether oxygens (including phenoxy) is 1. The zero-order valence-electron chi connectivity index (χ0n) is 15.4. The van der Waals surface area contributed by atoms with Crippen molar-refractivity contribution in [2.24, 2.45) is 0 Å². The van der Waals surface area contributed by atoms with E-state index in [4.69, 9.17) is 4.74 Å². The van der Waals surface area contributed by atoms with Crippen LogP contribution in [0, 0.1) is 0 Å². The van der Waals surface area contributed by atoms with Gasteiger partial charge < -0.3 is 4.74 Å². The predicted octanol–water partition coefficient (Wildman–Crippen LogP) is 2.76. The molecular weight excluding hydrogens is 348 g/mol. The third-order valence-electron chi connectivity index (χ3n) is 4.84. The van der Waals surface area contributed by atoms with E-state index in [9.17, 15) is 8.42 Å². The highest BCUT2D eigenvalue weighted by Crippen LogP contribution is 2.20. The zero-order chi connectivity index (χ0) is 18.6. The second kappa shape index (κ2) is 8.20. The van der Waals surface area contributed by atoms with Crippen molar-refractivity contribution in [1.82, 2.24) is 9.21 Å². The van der Waals surface area contributed by atoms with E-state index in [0.29, 0.717) is 18.0 Å². The number of piperazine rings is 1. The molecule has 0 aliphatic carbocycles. The number of benzene rings is 2. The van der Waals surface area contributed by atoms with Crippen molar-refractivity contribution in [3.8, 4) is 5.75 Å². The number of methoxy groups -OCH3 is 1. The highest BCUT2D eigenvalue weighted by atomic mass is 32.2. The minimum absolute atomic E-state index is 0.385. The van der Waals surface area contributed by atoms with Crippen molar-refractivity contribution in [3.63, 3.8) is 0 Å². The van der Waals surface area contributed by atoms with E-state index in [1.165, 1.54) is 5.56 Å². The van der Waals surface area contributed by atoms with E-state index in [0.717, 1.165) is 37.4 Å². The second-order valence-electron chi connectivity index (χ2n) is 6.53. The van der Waals surface area contributed by atoms with E-state index in [-0.39, 0.29) is 0 Å². The van der Waals surface area contributed by atoms with Crippen LogP contribution in [0.4, 0.5) is 0 Å². The van der Waals surface area contributed by atoms with Crippen LogP contribution in [-0.2, 0) is 23.0 Å². The zero-order valence-corrected chi connectivity index (χ0v) is 16.2. The highest BCUT2D eigenvalue weighted by molar-refractivity contribution is 7.89. The monoisotopic (exact) mass is 374 g/mol. The molecule has 0 saturated carbocycles. The Labute approximate surface area is 156 Å². The van der Waals surface area contributed by atoms with Gasteiger partial charge in [-0.15, -0.1) is 0 Å². The van der Waals surface area contributed by atoms with Gasteiger partial charge in [0.15, 0.2) is 0 Å². The summed E-state index contributed by atoms with van der Waals surface area (Å²) in [4.78, 5) is 2.66. The number of aryl methyl sites for hydroxylation is 1. The van der Waals surface area contributed by atoms with E-state index in [1.807, 2.05) is 30.3 Å². The summed E-state index contributed by atoms with van der Waals surface area (Å²) in [5.41, 5.74) is 2.32. The number of nitrogens with zero attached hydrogens (tertiary/aromatic N) is 2.